The van der Waals surface area contributed by atoms with Crippen molar-refractivity contribution in [3.8, 4) is 0 Å². The van der Waals surface area contributed by atoms with Crippen molar-refractivity contribution in [1.82, 2.24) is 20.0 Å². The zero-order valence-electron chi connectivity index (χ0n) is 19.1. The molecule has 2 aromatic carbocycles. The number of ether oxygens (including phenoxy) is 1. The molecule has 0 fully saturated rings. The molecule has 0 unspecified atom stereocenters. The molecule has 0 aliphatic rings. The summed E-state index contributed by atoms with van der Waals surface area (Å²) in [6.45, 7) is 5.33. The molecule has 4 rings (SSSR count). The lowest BCUT2D eigenvalue weighted by Gasteiger charge is -2.05. The smallest absolute Gasteiger partial charge is 0.257 e. The minimum absolute atomic E-state index is 0.194. The van der Waals surface area contributed by atoms with Crippen LogP contribution in [0.4, 0.5) is 5.82 Å². The summed E-state index contributed by atoms with van der Waals surface area (Å²) in [6.07, 6.45) is 2.40. The van der Waals surface area contributed by atoms with Crippen LogP contribution in [0.1, 0.15) is 47.7 Å². The van der Waals surface area contributed by atoms with E-state index >= 15 is 0 Å². The highest BCUT2D eigenvalue weighted by atomic mass is 16.5. The third kappa shape index (κ3) is 4.70. The lowest BCUT2D eigenvalue weighted by molar-refractivity contribution is 0.0951. The number of nitrogen functional groups attached to an aromatic ring is 1. The molecule has 0 atom stereocenters. The SMILES string of the molecule is COCCCNC(=O)c1c(N)n(/N=C\c2ccc(C(C)C)cc2)c2nc3ccccc3nc12. The van der Waals surface area contributed by atoms with Crippen LogP contribution in [0.5, 0.6) is 0 Å². The van der Waals surface area contributed by atoms with Gasteiger partial charge in [-0.3, -0.25) is 4.79 Å². The number of para-hydroxylation sites is 2. The Hall–Kier alpha value is -3.78. The quantitative estimate of drug-likeness (QED) is 0.316. The van der Waals surface area contributed by atoms with Crippen LogP contribution in [-0.4, -0.2) is 47.0 Å². The number of fused-ring (bicyclic) bond motifs is 2. The second kappa shape index (κ2) is 9.79. The van der Waals surface area contributed by atoms with Gasteiger partial charge >= 0.3 is 0 Å². The van der Waals surface area contributed by atoms with Gasteiger partial charge in [-0.2, -0.15) is 9.78 Å². The number of methoxy groups -OCH3 is 1. The number of anilines is 1. The topological polar surface area (TPSA) is 107 Å². The Morgan fingerprint density at radius 3 is 2.52 bits per heavy atom. The standard InChI is InChI=1S/C25H28N6O2/c1-16(2)18-11-9-17(10-12-18)15-28-31-23(26)21(25(32)27-13-6-14-33-3)22-24(31)30-20-8-5-4-7-19(20)29-22/h4-5,7-12,15-16H,6,13-14,26H2,1-3H3,(H,27,32)/b28-15-. The summed E-state index contributed by atoms with van der Waals surface area (Å²) < 4.78 is 6.53. The predicted molar refractivity (Wildman–Crippen MR) is 132 cm³/mol. The number of carbonyl (C=O) groups is 1. The van der Waals surface area contributed by atoms with Gasteiger partial charge in [0, 0.05) is 20.3 Å². The fourth-order valence-corrected chi connectivity index (χ4v) is 3.59. The number of nitrogens with two attached hydrogens (primary N) is 1. The highest BCUT2D eigenvalue weighted by molar-refractivity contribution is 6.10. The second-order valence-corrected chi connectivity index (χ2v) is 8.12. The molecule has 0 saturated heterocycles. The molecule has 8 nitrogen and oxygen atoms in total. The molecule has 4 aromatic rings. The maximum Gasteiger partial charge on any atom is 0.257 e. The van der Waals surface area contributed by atoms with Crippen molar-refractivity contribution >= 4 is 40.1 Å². The summed E-state index contributed by atoms with van der Waals surface area (Å²) in [6, 6.07) is 15.7. The monoisotopic (exact) mass is 444 g/mol. The zero-order chi connectivity index (χ0) is 23.4. The molecule has 2 aromatic heterocycles. The number of amides is 1. The van der Waals surface area contributed by atoms with E-state index in [9.17, 15) is 4.79 Å². The van der Waals surface area contributed by atoms with Gasteiger partial charge in [-0.15, -0.1) is 0 Å². The minimum atomic E-state index is -0.312. The number of hydrogen-bond donors (Lipinski definition) is 2. The average Bonchev–Trinajstić information content (AvgIpc) is 3.09. The van der Waals surface area contributed by atoms with Crippen LogP contribution in [0, 0.1) is 0 Å². The van der Waals surface area contributed by atoms with E-state index in [-0.39, 0.29) is 17.3 Å². The second-order valence-electron chi connectivity index (χ2n) is 8.12. The number of rotatable bonds is 8. The Bertz CT molecular complexity index is 1310. The molecule has 8 heteroatoms. The van der Waals surface area contributed by atoms with E-state index in [4.69, 9.17) is 15.5 Å². The van der Waals surface area contributed by atoms with Gasteiger partial charge < -0.3 is 15.8 Å². The van der Waals surface area contributed by atoms with Crippen LogP contribution in [0.25, 0.3) is 22.2 Å². The van der Waals surface area contributed by atoms with E-state index in [1.54, 1.807) is 13.3 Å². The maximum absolute atomic E-state index is 13.0. The third-order valence-electron chi connectivity index (χ3n) is 5.44. The molecule has 1 amide bonds. The third-order valence-corrected chi connectivity index (χ3v) is 5.44. The summed E-state index contributed by atoms with van der Waals surface area (Å²) in [4.78, 5) is 22.4. The molecule has 170 valence electrons. The largest absolute Gasteiger partial charge is 0.385 e. The molecular weight excluding hydrogens is 416 g/mol. The molecule has 33 heavy (non-hydrogen) atoms. The number of carbonyl (C=O) groups excluding carboxylic acids is 1. The Morgan fingerprint density at radius 1 is 1.15 bits per heavy atom. The lowest BCUT2D eigenvalue weighted by atomic mass is 10.0. The number of benzene rings is 2. The summed E-state index contributed by atoms with van der Waals surface area (Å²) in [7, 11) is 1.63. The minimum Gasteiger partial charge on any atom is -0.385 e. The maximum atomic E-state index is 13.0. The summed E-state index contributed by atoms with van der Waals surface area (Å²) in [5.41, 5.74) is 11.1. The Kier molecular flexibility index (Phi) is 6.65. The molecular formula is C25H28N6O2. The van der Waals surface area contributed by atoms with Crippen LogP contribution < -0.4 is 11.1 Å². The van der Waals surface area contributed by atoms with E-state index in [2.05, 4.69) is 41.4 Å². The summed E-state index contributed by atoms with van der Waals surface area (Å²) >= 11 is 0. The fraction of sp³-hybridized carbons (Fsp3) is 0.280. The zero-order valence-corrected chi connectivity index (χ0v) is 19.1. The first-order valence-corrected chi connectivity index (χ1v) is 11.0. The number of nitrogens with one attached hydrogen (secondary N) is 1. The molecule has 3 N–H and O–H groups in total. The fourth-order valence-electron chi connectivity index (χ4n) is 3.59. The van der Waals surface area contributed by atoms with E-state index in [0.717, 1.165) is 5.56 Å². The van der Waals surface area contributed by atoms with Gasteiger partial charge in [-0.05, 0) is 35.6 Å². The van der Waals surface area contributed by atoms with Crippen LogP contribution >= 0.6 is 0 Å². The van der Waals surface area contributed by atoms with Crippen LogP contribution in [0.2, 0.25) is 0 Å². The molecule has 0 radical (unpaired) electrons. The van der Waals surface area contributed by atoms with Crippen molar-refractivity contribution in [2.75, 3.05) is 26.0 Å². The summed E-state index contributed by atoms with van der Waals surface area (Å²) in [5, 5.41) is 7.45. The number of nitrogens with zero attached hydrogens (tertiary/aromatic N) is 4. The molecule has 0 saturated carbocycles. The molecule has 0 aliphatic heterocycles. The first-order chi connectivity index (χ1) is 16.0. The van der Waals surface area contributed by atoms with E-state index < -0.39 is 0 Å². The predicted octanol–water partition coefficient (Wildman–Crippen LogP) is 3.94. The van der Waals surface area contributed by atoms with Crippen molar-refractivity contribution in [3.05, 3.63) is 65.2 Å². The van der Waals surface area contributed by atoms with Gasteiger partial charge in [0.05, 0.1) is 17.2 Å². The Morgan fingerprint density at radius 2 is 1.85 bits per heavy atom. The van der Waals surface area contributed by atoms with Gasteiger partial charge in [0.15, 0.2) is 5.65 Å². The highest BCUT2D eigenvalue weighted by Gasteiger charge is 2.23. The normalized spacial score (nSPS) is 11.8. The first kappa shape index (κ1) is 22.4. The average molecular weight is 445 g/mol. The number of aromatic nitrogens is 3. The van der Waals surface area contributed by atoms with Gasteiger partial charge in [-0.1, -0.05) is 50.2 Å². The molecule has 2 heterocycles. The van der Waals surface area contributed by atoms with Gasteiger partial charge in [0.1, 0.15) is 16.9 Å². The first-order valence-electron chi connectivity index (χ1n) is 11.0. The van der Waals surface area contributed by atoms with E-state index in [1.165, 1.54) is 10.2 Å². The highest BCUT2D eigenvalue weighted by Crippen LogP contribution is 2.28. The van der Waals surface area contributed by atoms with E-state index in [1.807, 2.05) is 36.4 Å². The van der Waals surface area contributed by atoms with Crippen LogP contribution in [0.15, 0.2) is 53.6 Å². The van der Waals surface area contributed by atoms with Gasteiger partial charge in [-0.25, -0.2) is 9.97 Å². The molecule has 0 aliphatic carbocycles. The van der Waals surface area contributed by atoms with Gasteiger partial charge in [0.25, 0.3) is 5.91 Å². The van der Waals surface area contributed by atoms with Gasteiger partial charge in [0.2, 0.25) is 0 Å². The number of hydrogen-bond acceptors (Lipinski definition) is 6. The summed E-state index contributed by atoms with van der Waals surface area (Å²) in [5.74, 6) is 0.335. The van der Waals surface area contributed by atoms with Crippen molar-refractivity contribution < 1.29 is 9.53 Å². The van der Waals surface area contributed by atoms with Crippen molar-refractivity contribution in [2.45, 2.75) is 26.2 Å². The molecule has 0 bridgehead atoms. The Balaban J connectivity index is 1.77. The van der Waals surface area contributed by atoms with Crippen molar-refractivity contribution in [2.24, 2.45) is 5.10 Å². The van der Waals surface area contributed by atoms with Crippen LogP contribution in [-0.2, 0) is 4.74 Å². The lowest BCUT2D eigenvalue weighted by Crippen LogP contribution is -2.26. The molecule has 0 spiro atoms. The van der Waals surface area contributed by atoms with E-state index in [0.29, 0.717) is 47.7 Å². The van der Waals surface area contributed by atoms with Crippen LogP contribution in [0.3, 0.4) is 0 Å². The Labute approximate surface area is 192 Å². The van der Waals surface area contributed by atoms with Crippen molar-refractivity contribution in [3.63, 3.8) is 0 Å². The van der Waals surface area contributed by atoms with Crippen molar-refractivity contribution in [1.29, 1.82) is 0 Å².